The van der Waals surface area contributed by atoms with Crippen LogP contribution in [0.4, 0.5) is 5.69 Å². The van der Waals surface area contributed by atoms with E-state index in [0.717, 1.165) is 5.69 Å². The van der Waals surface area contributed by atoms with Crippen molar-refractivity contribution in [1.82, 2.24) is 10.6 Å². The molecule has 2 N–H and O–H groups in total. The minimum atomic E-state index is -0.465. The number of hydrogen-bond acceptors (Lipinski definition) is 4. The van der Waals surface area contributed by atoms with Crippen LogP contribution in [0.1, 0.15) is 6.42 Å². The molecule has 1 atom stereocenters. The second-order valence-electron chi connectivity index (χ2n) is 5.04. The molecule has 0 aliphatic carbocycles. The lowest BCUT2D eigenvalue weighted by atomic mass is 10.2. The molecule has 2 amide bonds. The van der Waals surface area contributed by atoms with Crippen LogP contribution >= 0.6 is 11.6 Å². The van der Waals surface area contributed by atoms with E-state index in [0.29, 0.717) is 31.1 Å². The monoisotopic (exact) mass is 325 g/mol. The first-order chi connectivity index (χ1) is 10.6. The molecule has 1 unspecified atom stereocenters. The SMILES string of the molecule is COCCNCC(=O)NC1CCN(c2ccc(Cl)cc2)C1=O. The molecule has 1 fully saturated rings. The van der Waals surface area contributed by atoms with E-state index in [2.05, 4.69) is 10.6 Å². The summed E-state index contributed by atoms with van der Waals surface area (Å²) in [5.41, 5.74) is 0.796. The highest BCUT2D eigenvalue weighted by Crippen LogP contribution is 2.23. The summed E-state index contributed by atoms with van der Waals surface area (Å²) >= 11 is 5.85. The van der Waals surface area contributed by atoms with Gasteiger partial charge in [-0.1, -0.05) is 11.6 Å². The van der Waals surface area contributed by atoms with E-state index >= 15 is 0 Å². The summed E-state index contributed by atoms with van der Waals surface area (Å²) in [5.74, 6) is -0.278. The van der Waals surface area contributed by atoms with Gasteiger partial charge in [-0.15, -0.1) is 0 Å². The summed E-state index contributed by atoms with van der Waals surface area (Å²) in [4.78, 5) is 25.8. The predicted octanol–water partition coefficient (Wildman–Crippen LogP) is 0.797. The molecule has 6 nitrogen and oxygen atoms in total. The van der Waals surface area contributed by atoms with Gasteiger partial charge in [0.25, 0.3) is 0 Å². The van der Waals surface area contributed by atoms with Gasteiger partial charge in [0.15, 0.2) is 0 Å². The van der Waals surface area contributed by atoms with Crippen LogP contribution in [0.5, 0.6) is 0 Å². The van der Waals surface area contributed by atoms with Gasteiger partial charge in [-0.3, -0.25) is 9.59 Å². The van der Waals surface area contributed by atoms with Crippen molar-refractivity contribution in [2.75, 3.05) is 38.3 Å². The predicted molar refractivity (Wildman–Crippen MR) is 85.1 cm³/mol. The number of carbonyl (C=O) groups excluding carboxylic acids is 2. The maximum atomic E-state index is 12.3. The van der Waals surface area contributed by atoms with Crippen LogP contribution in [0.15, 0.2) is 24.3 Å². The Bertz CT molecular complexity index is 521. The van der Waals surface area contributed by atoms with Crippen molar-refractivity contribution in [2.24, 2.45) is 0 Å². The maximum absolute atomic E-state index is 12.3. The Hall–Kier alpha value is -1.63. The van der Waals surface area contributed by atoms with Crippen LogP contribution in [0.2, 0.25) is 5.02 Å². The van der Waals surface area contributed by atoms with Crippen molar-refractivity contribution >= 4 is 29.1 Å². The zero-order valence-electron chi connectivity index (χ0n) is 12.5. The van der Waals surface area contributed by atoms with Crippen LogP contribution in [-0.4, -0.2) is 51.2 Å². The highest BCUT2D eigenvalue weighted by molar-refractivity contribution is 6.30. The van der Waals surface area contributed by atoms with Crippen LogP contribution in [0.25, 0.3) is 0 Å². The number of halogens is 1. The van der Waals surface area contributed by atoms with Crippen molar-refractivity contribution < 1.29 is 14.3 Å². The van der Waals surface area contributed by atoms with E-state index in [9.17, 15) is 9.59 Å². The molecule has 1 aromatic rings. The fraction of sp³-hybridized carbons (Fsp3) is 0.467. The average Bonchev–Trinajstić information content (AvgIpc) is 2.86. The molecule has 1 aromatic carbocycles. The lowest BCUT2D eigenvalue weighted by molar-refractivity contribution is -0.125. The second-order valence-corrected chi connectivity index (χ2v) is 5.48. The molecular formula is C15H20ClN3O3. The quantitative estimate of drug-likeness (QED) is 0.727. The zero-order valence-corrected chi connectivity index (χ0v) is 13.2. The molecule has 0 aromatic heterocycles. The minimum Gasteiger partial charge on any atom is -0.383 e. The highest BCUT2D eigenvalue weighted by atomic mass is 35.5. The Morgan fingerprint density at radius 2 is 2.14 bits per heavy atom. The van der Waals surface area contributed by atoms with E-state index in [-0.39, 0.29) is 18.4 Å². The first-order valence-electron chi connectivity index (χ1n) is 7.18. The van der Waals surface area contributed by atoms with Crippen molar-refractivity contribution in [3.05, 3.63) is 29.3 Å². The van der Waals surface area contributed by atoms with Gasteiger partial charge in [0.1, 0.15) is 6.04 Å². The normalized spacial score (nSPS) is 17.8. The van der Waals surface area contributed by atoms with E-state index in [4.69, 9.17) is 16.3 Å². The first kappa shape index (κ1) is 16.7. The van der Waals surface area contributed by atoms with Crippen molar-refractivity contribution in [3.8, 4) is 0 Å². The number of rotatable bonds is 7. The number of benzene rings is 1. The smallest absolute Gasteiger partial charge is 0.249 e. The van der Waals surface area contributed by atoms with E-state index in [1.807, 2.05) is 0 Å². The summed E-state index contributed by atoms with van der Waals surface area (Å²) in [6.07, 6.45) is 0.602. The molecule has 0 bridgehead atoms. The minimum absolute atomic E-state index is 0.0902. The Morgan fingerprint density at radius 3 is 2.82 bits per heavy atom. The molecule has 22 heavy (non-hydrogen) atoms. The zero-order chi connectivity index (χ0) is 15.9. The molecule has 0 saturated carbocycles. The second kappa shape index (κ2) is 8.12. The topological polar surface area (TPSA) is 70.7 Å². The van der Waals surface area contributed by atoms with Crippen molar-refractivity contribution in [2.45, 2.75) is 12.5 Å². The standard InChI is InChI=1S/C15H20ClN3O3/c1-22-9-7-17-10-14(20)18-13-6-8-19(15(13)21)12-4-2-11(16)3-5-12/h2-5,13,17H,6-10H2,1H3,(H,18,20). The fourth-order valence-corrected chi connectivity index (χ4v) is 2.44. The number of carbonyl (C=O) groups is 2. The summed E-state index contributed by atoms with van der Waals surface area (Å²) in [6.45, 7) is 1.90. The summed E-state index contributed by atoms with van der Waals surface area (Å²) in [5, 5.41) is 6.33. The molecular weight excluding hydrogens is 306 g/mol. The van der Waals surface area contributed by atoms with Crippen LogP contribution in [0, 0.1) is 0 Å². The molecule has 1 saturated heterocycles. The summed E-state index contributed by atoms with van der Waals surface area (Å²) < 4.78 is 4.88. The number of hydrogen-bond donors (Lipinski definition) is 2. The molecule has 120 valence electrons. The van der Waals surface area contributed by atoms with Gasteiger partial charge in [0, 0.05) is 30.9 Å². The average molecular weight is 326 g/mol. The van der Waals surface area contributed by atoms with Gasteiger partial charge in [0.05, 0.1) is 13.2 Å². The third-order valence-corrected chi connectivity index (χ3v) is 3.70. The van der Waals surface area contributed by atoms with Gasteiger partial charge < -0.3 is 20.3 Å². The van der Waals surface area contributed by atoms with Gasteiger partial charge in [-0.05, 0) is 30.7 Å². The molecule has 1 aliphatic heterocycles. The third-order valence-electron chi connectivity index (χ3n) is 3.45. The van der Waals surface area contributed by atoms with Gasteiger partial charge in [0.2, 0.25) is 11.8 Å². The van der Waals surface area contributed by atoms with Crippen LogP contribution < -0.4 is 15.5 Å². The number of ether oxygens (including phenoxy) is 1. The molecule has 0 spiro atoms. The van der Waals surface area contributed by atoms with Gasteiger partial charge in [-0.2, -0.15) is 0 Å². The fourth-order valence-electron chi connectivity index (χ4n) is 2.31. The number of nitrogens with zero attached hydrogens (tertiary/aromatic N) is 1. The number of amides is 2. The third kappa shape index (κ3) is 4.43. The first-order valence-corrected chi connectivity index (χ1v) is 7.55. The summed E-state index contributed by atoms with van der Waals surface area (Å²) in [7, 11) is 1.60. The van der Waals surface area contributed by atoms with Crippen LogP contribution in [0.3, 0.4) is 0 Å². The number of nitrogens with one attached hydrogen (secondary N) is 2. The number of anilines is 1. The van der Waals surface area contributed by atoms with E-state index in [1.54, 1.807) is 36.3 Å². The van der Waals surface area contributed by atoms with E-state index in [1.165, 1.54) is 0 Å². The van der Waals surface area contributed by atoms with Crippen LogP contribution in [-0.2, 0) is 14.3 Å². The maximum Gasteiger partial charge on any atom is 0.249 e. The Kier molecular flexibility index (Phi) is 6.18. The lowest BCUT2D eigenvalue weighted by Gasteiger charge is -2.17. The number of methoxy groups -OCH3 is 1. The largest absolute Gasteiger partial charge is 0.383 e. The van der Waals surface area contributed by atoms with E-state index < -0.39 is 6.04 Å². The molecule has 0 radical (unpaired) electrons. The molecule has 1 aliphatic rings. The van der Waals surface area contributed by atoms with Gasteiger partial charge >= 0.3 is 0 Å². The Labute approximate surface area is 134 Å². The lowest BCUT2D eigenvalue weighted by Crippen LogP contribution is -2.45. The molecule has 1 heterocycles. The Morgan fingerprint density at radius 1 is 1.41 bits per heavy atom. The van der Waals surface area contributed by atoms with Crippen molar-refractivity contribution in [3.63, 3.8) is 0 Å². The Balaban J connectivity index is 1.83. The molecule has 7 heteroatoms. The van der Waals surface area contributed by atoms with Gasteiger partial charge in [-0.25, -0.2) is 0 Å². The molecule has 2 rings (SSSR count). The van der Waals surface area contributed by atoms with Crippen molar-refractivity contribution in [1.29, 1.82) is 0 Å². The summed E-state index contributed by atoms with van der Waals surface area (Å²) in [6, 6.07) is 6.63. The highest BCUT2D eigenvalue weighted by Gasteiger charge is 2.33.